The Kier molecular flexibility index (Phi) is 6.80. The SMILES string of the molecule is CCc1nc(NC(=O)CN2CCN(C(=O)Cc3ccccc3C)CC2)sc1C. The molecule has 2 aromatic rings. The fraction of sp³-hybridized carbons (Fsp3) is 0.476. The molecule has 2 amide bonds. The molecule has 1 N–H and O–H groups in total. The first-order chi connectivity index (χ1) is 13.5. The third-order valence-electron chi connectivity index (χ3n) is 5.17. The molecular weight excluding hydrogens is 372 g/mol. The third-order valence-corrected chi connectivity index (χ3v) is 6.10. The monoisotopic (exact) mass is 400 g/mol. The number of benzene rings is 1. The normalized spacial score (nSPS) is 14.9. The Bertz CT molecular complexity index is 841. The Morgan fingerprint density at radius 2 is 1.86 bits per heavy atom. The molecule has 1 aromatic carbocycles. The van der Waals surface area contributed by atoms with E-state index < -0.39 is 0 Å². The number of hydrogen-bond donors (Lipinski definition) is 1. The van der Waals surface area contributed by atoms with Gasteiger partial charge in [-0.05, 0) is 31.4 Å². The molecule has 0 saturated carbocycles. The molecule has 1 aliphatic heterocycles. The van der Waals surface area contributed by atoms with E-state index in [4.69, 9.17) is 0 Å². The van der Waals surface area contributed by atoms with Gasteiger partial charge in [0.05, 0.1) is 18.7 Å². The van der Waals surface area contributed by atoms with Crippen LogP contribution in [0.3, 0.4) is 0 Å². The van der Waals surface area contributed by atoms with Gasteiger partial charge in [-0.3, -0.25) is 14.5 Å². The molecule has 0 bridgehead atoms. The smallest absolute Gasteiger partial charge is 0.240 e. The molecule has 150 valence electrons. The van der Waals surface area contributed by atoms with Crippen LogP contribution in [0.15, 0.2) is 24.3 Å². The average molecular weight is 401 g/mol. The molecule has 3 rings (SSSR count). The van der Waals surface area contributed by atoms with Gasteiger partial charge in [0.25, 0.3) is 0 Å². The first kappa shape index (κ1) is 20.5. The lowest BCUT2D eigenvalue weighted by atomic mass is 10.1. The largest absolute Gasteiger partial charge is 0.340 e. The summed E-state index contributed by atoms with van der Waals surface area (Å²) in [6.45, 7) is 9.20. The van der Waals surface area contributed by atoms with Crippen molar-refractivity contribution in [1.82, 2.24) is 14.8 Å². The minimum absolute atomic E-state index is 0.0453. The Labute approximate surface area is 170 Å². The van der Waals surface area contributed by atoms with Gasteiger partial charge in [0.2, 0.25) is 11.8 Å². The lowest BCUT2D eigenvalue weighted by molar-refractivity contribution is -0.132. The molecule has 1 aromatic heterocycles. The molecule has 1 saturated heterocycles. The first-order valence-electron chi connectivity index (χ1n) is 9.77. The van der Waals surface area contributed by atoms with Gasteiger partial charge in [-0.2, -0.15) is 0 Å². The van der Waals surface area contributed by atoms with Crippen LogP contribution in [0.5, 0.6) is 0 Å². The quantitative estimate of drug-likeness (QED) is 0.810. The summed E-state index contributed by atoms with van der Waals surface area (Å²) in [5.41, 5.74) is 3.27. The number of aromatic nitrogens is 1. The van der Waals surface area contributed by atoms with Crippen LogP contribution < -0.4 is 5.32 Å². The van der Waals surface area contributed by atoms with Gasteiger partial charge in [-0.15, -0.1) is 11.3 Å². The maximum atomic E-state index is 12.6. The average Bonchev–Trinajstić information content (AvgIpc) is 3.03. The number of rotatable bonds is 6. The summed E-state index contributed by atoms with van der Waals surface area (Å²) in [6.07, 6.45) is 1.31. The zero-order chi connectivity index (χ0) is 20.1. The van der Waals surface area contributed by atoms with Gasteiger partial charge in [0, 0.05) is 31.1 Å². The second-order valence-electron chi connectivity index (χ2n) is 7.18. The van der Waals surface area contributed by atoms with Crippen molar-refractivity contribution in [3.8, 4) is 0 Å². The second kappa shape index (κ2) is 9.30. The highest BCUT2D eigenvalue weighted by Gasteiger charge is 2.23. The van der Waals surface area contributed by atoms with Gasteiger partial charge in [0.1, 0.15) is 0 Å². The number of thiazole rings is 1. The first-order valence-corrected chi connectivity index (χ1v) is 10.6. The second-order valence-corrected chi connectivity index (χ2v) is 8.39. The molecule has 7 heteroatoms. The van der Waals surface area contributed by atoms with Crippen molar-refractivity contribution in [2.24, 2.45) is 0 Å². The van der Waals surface area contributed by atoms with Crippen molar-refractivity contribution >= 4 is 28.3 Å². The Morgan fingerprint density at radius 1 is 1.14 bits per heavy atom. The van der Waals surface area contributed by atoms with Gasteiger partial charge in [0.15, 0.2) is 5.13 Å². The Hall–Kier alpha value is -2.25. The maximum absolute atomic E-state index is 12.6. The summed E-state index contributed by atoms with van der Waals surface area (Å²) in [7, 11) is 0. The van der Waals surface area contributed by atoms with Crippen LogP contribution in [0.4, 0.5) is 5.13 Å². The molecule has 0 aliphatic carbocycles. The van der Waals surface area contributed by atoms with E-state index in [-0.39, 0.29) is 11.8 Å². The standard InChI is InChI=1S/C21H28N4O2S/c1-4-18-16(3)28-21(22-18)23-19(26)14-24-9-11-25(12-10-24)20(27)13-17-8-6-5-7-15(17)2/h5-8H,4,9-14H2,1-3H3,(H,22,23,26). The van der Waals surface area contributed by atoms with Gasteiger partial charge >= 0.3 is 0 Å². The zero-order valence-electron chi connectivity index (χ0n) is 16.8. The van der Waals surface area contributed by atoms with E-state index in [1.165, 1.54) is 11.3 Å². The van der Waals surface area contributed by atoms with Crippen LogP contribution in [0.25, 0.3) is 0 Å². The molecular formula is C21H28N4O2S. The molecule has 6 nitrogen and oxygen atoms in total. The van der Waals surface area contributed by atoms with Crippen molar-refractivity contribution in [2.45, 2.75) is 33.6 Å². The number of carbonyl (C=O) groups is 2. The van der Waals surface area contributed by atoms with E-state index in [1.54, 1.807) is 0 Å². The Morgan fingerprint density at radius 3 is 2.50 bits per heavy atom. The van der Waals surface area contributed by atoms with Crippen LogP contribution in [-0.4, -0.2) is 59.3 Å². The van der Waals surface area contributed by atoms with Crippen molar-refractivity contribution in [2.75, 3.05) is 38.0 Å². The van der Waals surface area contributed by atoms with Crippen LogP contribution in [-0.2, 0) is 22.4 Å². The van der Waals surface area contributed by atoms with Crippen molar-refractivity contribution in [3.63, 3.8) is 0 Å². The van der Waals surface area contributed by atoms with E-state index in [9.17, 15) is 9.59 Å². The predicted octanol–water partition coefficient (Wildman–Crippen LogP) is 2.65. The summed E-state index contributed by atoms with van der Waals surface area (Å²) < 4.78 is 0. The van der Waals surface area contributed by atoms with E-state index in [2.05, 4.69) is 22.1 Å². The van der Waals surface area contributed by atoms with Gasteiger partial charge in [-0.25, -0.2) is 4.98 Å². The molecule has 0 atom stereocenters. The van der Waals surface area contributed by atoms with Crippen molar-refractivity contribution < 1.29 is 9.59 Å². The maximum Gasteiger partial charge on any atom is 0.240 e. The lowest BCUT2D eigenvalue weighted by Crippen LogP contribution is -2.50. The fourth-order valence-electron chi connectivity index (χ4n) is 3.41. The fourth-order valence-corrected chi connectivity index (χ4v) is 4.33. The third kappa shape index (κ3) is 5.17. The highest BCUT2D eigenvalue weighted by molar-refractivity contribution is 7.15. The summed E-state index contributed by atoms with van der Waals surface area (Å²) in [5.74, 6) is 0.111. The molecule has 0 radical (unpaired) electrons. The number of anilines is 1. The summed E-state index contributed by atoms with van der Waals surface area (Å²) in [5, 5.41) is 3.58. The number of piperazine rings is 1. The van der Waals surface area contributed by atoms with E-state index in [0.717, 1.165) is 28.1 Å². The molecule has 1 fully saturated rings. The highest BCUT2D eigenvalue weighted by Crippen LogP contribution is 2.22. The Balaban J connectivity index is 1.45. The topological polar surface area (TPSA) is 65.5 Å². The number of hydrogen-bond acceptors (Lipinski definition) is 5. The molecule has 0 unspecified atom stereocenters. The van der Waals surface area contributed by atoms with E-state index in [1.807, 2.05) is 43.0 Å². The lowest BCUT2D eigenvalue weighted by Gasteiger charge is -2.34. The summed E-state index contributed by atoms with van der Waals surface area (Å²) >= 11 is 1.52. The van der Waals surface area contributed by atoms with Crippen molar-refractivity contribution in [1.29, 1.82) is 0 Å². The van der Waals surface area contributed by atoms with Crippen LogP contribution in [0.2, 0.25) is 0 Å². The summed E-state index contributed by atoms with van der Waals surface area (Å²) in [6, 6.07) is 8.01. The van der Waals surface area contributed by atoms with Crippen molar-refractivity contribution in [3.05, 3.63) is 46.0 Å². The van der Waals surface area contributed by atoms with Gasteiger partial charge in [-0.1, -0.05) is 31.2 Å². The number of aryl methyl sites for hydroxylation is 3. The molecule has 28 heavy (non-hydrogen) atoms. The minimum Gasteiger partial charge on any atom is -0.340 e. The van der Waals surface area contributed by atoms with Gasteiger partial charge < -0.3 is 10.2 Å². The van der Waals surface area contributed by atoms with E-state index >= 15 is 0 Å². The predicted molar refractivity (Wildman–Crippen MR) is 113 cm³/mol. The van der Waals surface area contributed by atoms with Crippen LogP contribution in [0.1, 0.15) is 28.6 Å². The van der Waals surface area contributed by atoms with Crippen LogP contribution >= 0.6 is 11.3 Å². The van der Waals surface area contributed by atoms with Crippen LogP contribution in [0, 0.1) is 13.8 Å². The molecule has 1 aliphatic rings. The summed E-state index contributed by atoms with van der Waals surface area (Å²) in [4.78, 5) is 34.5. The zero-order valence-corrected chi connectivity index (χ0v) is 17.6. The number of nitrogens with one attached hydrogen (secondary N) is 1. The number of carbonyl (C=O) groups excluding carboxylic acids is 2. The number of nitrogens with zero attached hydrogens (tertiary/aromatic N) is 3. The number of amides is 2. The highest BCUT2D eigenvalue weighted by atomic mass is 32.1. The molecule has 2 heterocycles. The minimum atomic E-state index is -0.0453. The van der Waals surface area contributed by atoms with E-state index in [0.29, 0.717) is 44.3 Å². The molecule has 0 spiro atoms.